The second kappa shape index (κ2) is 10.9. The van der Waals surface area contributed by atoms with E-state index in [-0.39, 0.29) is 36.6 Å². The van der Waals surface area contributed by atoms with Gasteiger partial charge in [0.2, 0.25) is 0 Å². The third kappa shape index (κ3) is 6.86. The summed E-state index contributed by atoms with van der Waals surface area (Å²) in [6.07, 6.45) is 3.86. The zero-order valence-corrected chi connectivity index (χ0v) is 17.6. The van der Waals surface area contributed by atoms with Gasteiger partial charge in [-0.3, -0.25) is 0 Å². The van der Waals surface area contributed by atoms with Crippen LogP contribution in [0.3, 0.4) is 0 Å². The number of hydrogen-bond donors (Lipinski definition) is 2. The summed E-state index contributed by atoms with van der Waals surface area (Å²) in [5.74, 6) is 0.844. The third-order valence-corrected chi connectivity index (χ3v) is 4.60. The summed E-state index contributed by atoms with van der Waals surface area (Å²) in [7, 11) is 0. The number of rotatable bonds is 7. The number of nitrogens with one attached hydrogen (secondary N) is 1. The predicted octanol–water partition coefficient (Wildman–Crippen LogP) is 3.87. The van der Waals surface area contributed by atoms with E-state index in [1.807, 2.05) is 42.5 Å². The van der Waals surface area contributed by atoms with Crippen LogP contribution in [0.2, 0.25) is 0 Å². The summed E-state index contributed by atoms with van der Waals surface area (Å²) in [6.45, 7) is 1.59. The molecule has 5 nitrogen and oxygen atoms in total. The number of hydrogen-bond acceptors (Lipinski definition) is 3. The zero-order chi connectivity index (χ0) is 18.2. The van der Waals surface area contributed by atoms with E-state index < -0.39 is 0 Å². The molecule has 3 rings (SSSR count). The van der Waals surface area contributed by atoms with Crippen molar-refractivity contribution >= 4 is 35.9 Å². The molecular weight excluding hydrogens is 453 g/mol. The van der Waals surface area contributed by atoms with Crippen molar-refractivity contribution in [1.82, 2.24) is 5.32 Å². The van der Waals surface area contributed by atoms with E-state index in [2.05, 4.69) is 10.3 Å². The van der Waals surface area contributed by atoms with Gasteiger partial charge < -0.3 is 15.8 Å². The minimum absolute atomic E-state index is 0. The fraction of sp³-hybridized carbons (Fsp3) is 0.333. The summed E-state index contributed by atoms with van der Waals surface area (Å²) >= 11 is 0. The summed E-state index contributed by atoms with van der Waals surface area (Å²) in [4.78, 5) is 16.6. The molecule has 0 spiro atoms. The lowest BCUT2D eigenvalue weighted by Gasteiger charge is -2.25. The average Bonchev–Trinajstić information content (AvgIpc) is 2.64. The van der Waals surface area contributed by atoms with Gasteiger partial charge in [-0.05, 0) is 42.0 Å². The largest absolute Gasteiger partial charge is 0.457 e. The van der Waals surface area contributed by atoms with Gasteiger partial charge in [0.25, 0.3) is 0 Å². The lowest BCUT2D eigenvalue weighted by molar-refractivity contribution is 0.0472. The number of carbonyl (C=O) groups excluding carboxylic acids is 1. The Kier molecular flexibility index (Phi) is 8.57. The van der Waals surface area contributed by atoms with Crippen LogP contribution in [0.4, 0.5) is 0 Å². The van der Waals surface area contributed by atoms with Crippen molar-refractivity contribution in [2.24, 2.45) is 16.6 Å². The molecule has 144 valence electrons. The Labute approximate surface area is 177 Å². The van der Waals surface area contributed by atoms with E-state index in [0.29, 0.717) is 18.1 Å². The highest BCUT2D eigenvalue weighted by molar-refractivity contribution is 14.0. The van der Waals surface area contributed by atoms with Gasteiger partial charge >= 0.3 is 5.97 Å². The van der Waals surface area contributed by atoms with Crippen LogP contribution in [0.1, 0.15) is 40.7 Å². The molecule has 0 aromatic heterocycles. The lowest BCUT2D eigenvalue weighted by atomic mass is 9.85. The van der Waals surface area contributed by atoms with Gasteiger partial charge in [-0.25, -0.2) is 9.79 Å². The SMILES string of the molecule is I.NC(=NCc1cccc(C(=O)OCc2ccccc2)c1)NCC1CCC1. The average molecular weight is 479 g/mol. The smallest absolute Gasteiger partial charge is 0.338 e. The molecule has 2 aromatic rings. The fourth-order valence-corrected chi connectivity index (χ4v) is 2.78. The standard InChI is InChI=1S/C21H25N3O2.HI/c22-21(23-13-16-8-4-9-16)24-14-18-10-5-11-19(12-18)20(25)26-15-17-6-2-1-3-7-17;/h1-3,5-7,10-12,16H,4,8-9,13-15H2,(H3,22,23,24);1H. The van der Waals surface area contributed by atoms with Gasteiger partial charge in [0.1, 0.15) is 6.61 Å². The van der Waals surface area contributed by atoms with E-state index in [0.717, 1.165) is 23.6 Å². The molecule has 0 bridgehead atoms. The first-order valence-electron chi connectivity index (χ1n) is 9.04. The lowest BCUT2D eigenvalue weighted by Crippen LogP contribution is -2.37. The van der Waals surface area contributed by atoms with Crippen LogP contribution in [-0.4, -0.2) is 18.5 Å². The number of benzene rings is 2. The van der Waals surface area contributed by atoms with Crippen molar-refractivity contribution in [3.63, 3.8) is 0 Å². The van der Waals surface area contributed by atoms with Crippen LogP contribution < -0.4 is 11.1 Å². The van der Waals surface area contributed by atoms with Crippen LogP contribution in [0.5, 0.6) is 0 Å². The minimum Gasteiger partial charge on any atom is -0.457 e. The highest BCUT2D eigenvalue weighted by atomic mass is 127. The Morgan fingerprint density at radius 2 is 1.85 bits per heavy atom. The van der Waals surface area contributed by atoms with E-state index in [1.54, 1.807) is 12.1 Å². The van der Waals surface area contributed by atoms with Crippen LogP contribution in [0, 0.1) is 5.92 Å². The second-order valence-electron chi connectivity index (χ2n) is 6.64. The zero-order valence-electron chi connectivity index (χ0n) is 15.3. The Morgan fingerprint density at radius 3 is 2.56 bits per heavy atom. The van der Waals surface area contributed by atoms with Crippen molar-refractivity contribution in [3.05, 3.63) is 71.3 Å². The number of carbonyl (C=O) groups is 1. The monoisotopic (exact) mass is 479 g/mol. The normalized spacial score (nSPS) is 14.0. The quantitative estimate of drug-likeness (QED) is 0.274. The molecule has 1 saturated carbocycles. The van der Waals surface area contributed by atoms with Gasteiger partial charge in [0, 0.05) is 6.54 Å². The summed E-state index contributed by atoms with van der Waals surface area (Å²) < 4.78 is 5.37. The van der Waals surface area contributed by atoms with Crippen LogP contribution in [0.15, 0.2) is 59.6 Å². The van der Waals surface area contributed by atoms with E-state index >= 15 is 0 Å². The van der Waals surface area contributed by atoms with E-state index in [9.17, 15) is 4.79 Å². The number of nitrogens with zero attached hydrogens (tertiary/aromatic N) is 1. The second-order valence-corrected chi connectivity index (χ2v) is 6.64. The molecule has 6 heteroatoms. The topological polar surface area (TPSA) is 76.7 Å². The summed E-state index contributed by atoms with van der Waals surface area (Å²) in [6, 6.07) is 16.9. The maximum Gasteiger partial charge on any atom is 0.338 e. The Hall–Kier alpha value is -2.09. The molecule has 0 amide bonds. The van der Waals surface area contributed by atoms with Crippen LogP contribution in [0.25, 0.3) is 0 Å². The Balaban J connectivity index is 0.00000261. The molecule has 0 atom stereocenters. The molecule has 3 N–H and O–H groups in total. The Morgan fingerprint density at radius 1 is 1.11 bits per heavy atom. The number of halogens is 1. The van der Waals surface area contributed by atoms with Crippen LogP contribution >= 0.6 is 24.0 Å². The molecular formula is C21H26IN3O2. The van der Waals surface area contributed by atoms with Crippen molar-refractivity contribution < 1.29 is 9.53 Å². The minimum atomic E-state index is -0.337. The number of ether oxygens (including phenoxy) is 1. The first kappa shape index (κ1) is 21.2. The van der Waals surface area contributed by atoms with Crippen molar-refractivity contribution in [2.75, 3.05) is 6.54 Å². The number of esters is 1. The highest BCUT2D eigenvalue weighted by Gasteiger charge is 2.16. The van der Waals surface area contributed by atoms with E-state index in [4.69, 9.17) is 10.5 Å². The molecule has 1 fully saturated rings. The molecule has 2 aromatic carbocycles. The molecule has 0 saturated heterocycles. The molecule has 0 heterocycles. The first-order valence-corrected chi connectivity index (χ1v) is 9.04. The molecule has 1 aliphatic carbocycles. The highest BCUT2D eigenvalue weighted by Crippen LogP contribution is 2.25. The van der Waals surface area contributed by atoms with Crippen molar-refractivity contribution in [1.29, 1.82) is 0 Å². The maximum atomic E-state index is 12.2. The number of guanidine groups is 1. The fourth-order valence-electron chi connectivity index (χ4n) is 2.78. The Bertz CT molecular complexity index is 761. The van der Waals surface area contributed by atoms with E-state index in [1.165, 1.54) is 19.3 Å². The molecule has 0 aliphatic heterocycles. The van der Waals surface area contributed by atoms with Gasteiger partial charge in [-0.1, -0.05) is 48.9 Å². The van der Waals surface area contributed by atoms with Gasteiger partial charge in [0.05, 0.1) is 12.1 Å². The van der Waals surface area contributed by atoms with Gasteiger partial charge in [-0.2, -0.15) is 0 Å². The molecule has 0 radical (unpaired) electrons. The van der Waals surface area contributed by atoms with Crippen LogP contribution in [-0.2, 0) is 17.9 Å². The molecule has 1 aliphatic rings. The predicted molar refractivity (Wildman–Crippen MR) is 118 cm³/mol. The summed E-state index contributed by atoms with van der Waals surface area (Å²) in [5.41, 5.74) is 8.32. The third-order valence-electron chi connectivity index (χ3n) is 4.60. The summed E-state index contributed by atoms with van der Waals surface area (Å²) in [5, 5.41) is 3.17. The van der Waals surface area contributed by atoms with Crippen molar-refractivity contribution in [2.45, 2.75) is 32.4 Å². The van der Waals surface area contributed by atoms with Gasteiger partial charge in [-0.15, -0.1) is 24.0 Å². The van der Waals surface area contributed by atoms with Gasteiger partial charge in [0.15, 0.2) is 5.96 Å². The number of aliphatic imine (C=N–C) groups is 1. The van der Waals surface area contributed by atoms with Crippen molar-refractivity contribution in [3.8, 4) is 0 Å². The first-order chi connectivity index (χ1) is 12.7. The number of nitrogens with two attached hydrogens (primary N) is 1. The molecule has 27 heavy (non-hydrogen) atoms. The molecule has 0 unspecified atom stereocenters. The maximum absolute atomic E-state index is 12.2.